The topological polar surface area (TPSA) is 30.0 Å². The quantitative estimate of drug-likeness (QED) is 0.804. The summed E-state index contributed by atoms with van der Waals surface area (Å²) in [6, 6.07) is 9.08. The fraction of sp³-hybridized carbons (Fsp3) is 0.556. The number of nitrogens with zero attached hydrogens (tertiary/aromatic N) is 3. The molecule has 2 saturated heterocycles. The predicted molar refractivity (Wildman–Crippen MR) is 88.5 cm³/mol. The van der Waals surface area contributed by atoms with Crippen LogP contribution in [0.4, 0.5) is 0 Å². The molecule has 0 bridgehead atoms. The maximum Gasteiger partial charge on any atom is 0.104 e. The molecule has 1 N–H and O–H groups in total. The number of likely N-dealkylation sites (N-methyl/N-ethyl adjacent to an activating group) is 1. The molecule has 0 spiro atoms. The van der Waals surface area contributed by atoms with E-state index in [4.69, 9.17) is 5.11 Å². The number of aliphatic hydroxyl groups is 1. The summed E-state index contributed by atoms with van der Waals surface area (Å²) in [6.45, 7) is 8.05. The Kier molecular flexibility index (Phi) is 5.12. The number of aliphatic hydroxyl groups excluding tert-OH is 1. The summed E-state index contributed by atoms with van der Waals surface area (Å²) in [5.41, 5.74) is 2.31. The van der Waals surface area contributed by atoms with Crippen molar-refractivity contribution in [1.29, 1.82) is 0 Å². The minimum atomic E-state index is -0.0815. The molecule has 0 aromatic heterocycles. The minimum Gasteiger partial charge on any atom is -0.384 e. The van der Waals surface area contributed by atoms with Crippen LogP contribution < -0.4 is 0 Å². The lowest BCUT2D eigenvalue weighted by Gasteiger charge is -2.46. The van der Waals surface area contributed by atoms with Crippen LogP contribution in [0, 0.1) is 11.8 Å². The summed E-state index contributed by atoms with van der Waals surface area (Å²) in [5, 5.41) is 8.72. The molecule has 1 unspecified atom stereocenters. The molecule has 0 radical (unpaired) electrons. The third kappa shape index (κ3) is 3.88. The predicted octanol–water partition coefficient (Wildman–Crippen LogP) is 0.462. The van der Waals surface area contributed by atoms with Crippen molar-refractivity contribution in [2.24, 2.45) is 0 Å². The van der Waals surface area contributed by atoms with Gasteiger partial charge in [0.15, 0.2) is 0 Å². The molecule has 118 valence electrons. The number of hydrogen-bond donors (Lipinski definition) is 1. The SMILES string of the molecule is CN1CCN2CCN(Cc3ccc(C#CCO)cc3)CC2C1. The summed E-state index contributed by atoms with van der Waals surface area (Å²) < 4.78 is 0. The van der Waals surface area contributed by atoms with Crippen LogP contribution in [0.25, 0.3) is 0 Å². The molecule has 4 heteroatoms. The molecule has 2 heterocycles. The lowest BCUT2D eigenvalue weighted by atomic mass is 10.1. The molecule has 2 aliphatic rings. The van der Waals surface area contributed by atoms with Gasteiger partial charge in [-0.05, 0) is 24.7 Å². The zero-order valence-electron chi connectivity index (χ0n) is 13.3. The molecular weight excluding hydrogens is 274 g/mol. The highest BCUT2D eigenvalue weighted by Crippen LogP contribution is 2.17. The van der Waals surface area contributed by atoms with E-state index in [1.165, 1.54) is 31.7 Å². The molecule has 2 aliphatic heterocycles. The van der Waals surface area contributed by atoms with Crippen LogP contribution in [0.15, 0.2) is 24.3 Å². The van der Waals surface area contributed by atoms with Crippen molar-refractivity contribution in [3.8, 4) is 11.8 Å². The van der Waals surface area contributed by atoms with Gasteiger partial charge in [-0.15, -0.1) is 0 Å². The first kappa shape index (κ1) is 15.5. The number of rotatable bonds is 2. The van der Waals surface area contributed by atoms with E-state index in [0.29, 0.717) is 6.04 Å². The molecule has 3 rings (SSSR count). The Hall–Kier alpha value is -1.38. The van der Waals surface area contributed by atoms with Crippen LogP contribution >= 0.6 is 0 Å². The van der Waals surface area contributed by atoms with Gasteiger partial charge in [-0.2, -0.15) is 0 Å². The number of benzene rings is 1. The minimum absolute atomic E-state index is 0.0815. The maximum absolute atomic E-state index is 8.72. The molecule has 0 aliphatic carbocycles. The van der Waals surface area contributed by atoms with Gasteiger partial charge in [-0.1, -0.05) is 24.0 Å². The maximum atomic E-state index is 8.72. The second-order valence-electron chi connectivity index (χ2n) is 6.34. The molecule has 4 nitrogen and oxygen atoms in total. The lowest BCUT2D eigenvalue weighted by molar-refractivity contribution is 0.0175. The Morgan fingerprint density at radius 1 is 1.09 bits per heavy atom. The van der Waals surface area contributed by atoms with Gasteiger partial charge in [0.2, 0.25) is 0 Å². The first-order chi connectivity index (χ1) is 10.7. The molecule has 0 saturated carbocycles. The summed E-state index contributed by atoms with van der Waals surface area (Å²) in [7, 11) is 2.22. The largest absolute Gasteiger partial charge is 0.384 e. The average Bonchev–Trinajstić information content (AvgIpc) is 2.54. The van der Waals surface area contributed by atoms with Crippen LogP contribution in [0.1, 0.15) is 11.1 Å². The molecule has 1 aromatic carbocycles. The normalized spacial score (nSPS) is 23.6. The third-order valence-electron chi connectivity index (χ3n) is 4.65. The molecule has 22 heavy (non-hydrogen) atoms. The zero-order chi connectivity index (χ0) is 15.4. The Morgan fingerprint density at radius 2 is 1.86 bits per heavy atom. The second kappa shape index (κ2) is 7.26. The van der Waals surface area contributed by atoms with Gasteiger partial charge in [0.25, 0.3) is 0 Å². The van der Waals surface area contributed by atoms with Crippen LogP contribution in [0.5, 0.6) is 0 Å². The highest BCUT2D eigenvalue weighted by Gasteiger charge is 2.30. The van der Waals surface area contributed by atoms with Gasteiger partial charge in [0.05, 0.1) is 0 Å². The zero-order valence-corrected chi connectivity index (χ0v) is 13.3. The van der Waals surface area contributed by atoms with Crippen LogP contribution in [0.2, 0.25) is 0 Å². The Bertz CT molecular complexity index is 546. The van der Waals surface area contributed by atoms with E-state index in [1.54, 1.807) is 0 Å². The van der Waals surface area contributed by atoms with Crippen molar-refractivity contribution in [3.05, 3.63) is 35.4 Å². The second-order valence-corrected chi connectivity index (χ2v) is 6.34. The number of fused-ring (bicyclic) bond motifs is 1. The lowest BCUT2D eigenvalue weighted by Crippen LogP contribution is -2.60. The van der Waals surface area contributed by atoms with E-state index in [-0.39, 0.29) is 6.61 Å². The average molecular weight is 299 g/mol. The van der Waals surface area contributed by atoms with Crippen molar-refractivity contribution in [3.63, 3.8) is 0 Å². The third-order valence-corrected chi connectivity index (χ3v) is 4.65. The smallest absolute Gasteiger partial charge is 0.104 e. The Labute approximate surface area is 133 Å². The van der Waals surface area contributed by atoms with E-state index >= 15 is 0 Å². The first-order valence-corrected chi connectivity index (χ1v) is 8.08. The van der Waals surface area contributed by atoms with E-state index in [2.05, 4.69) is 45.7 Å². The molecule has 0 amide bonds. The fourth-order valence-corrected chi connectivity index (χ4v) is 3.41. The van der Waals surface area contributed by atoms with Gasteiger partial charge in [0, 0.05) is 57.4 Å². The number of hydrogen-bond acceptors (Lipinski definition) is 4. The summed E-state index contributed by atoms with van der Waals surface area (Å²) in [6.07, 6.45) is 0. The van der Waals surface area contributed by atoms with Gasteiger partial charge in [-0.25, -0.2) is 0 Å². The van der Waals surface area contributed by atoms with Crippen molar-refractivity contribution >= 4 is 0 Å². The van der Waals surface area contributed by atoms with Crippen LogP contribution in [-0.2, 0) is 6.54 Å². The molecule has 1 atom stereocenters. The van der Waals surface area contributed by atoms with E-state index in [1.807, 2.05) is 12.1 Å². The van der Waals surface area contributed by atoms with Crippen molar-refractivity contribution in [1.82, 2.24) is 14.7 Å². The summed E-state index contributed by atoms with van der Waals surface area (Å²) in [5.74, 6) is 5.63. The summed E-state index contributed by atoms with van der Waals surface area (Å²) >= 11 is 0. The number of piperazine rings is 2. The highest BCUT2D eigenvalue weighted by atomic mass is 16.2. The van der Waals surface area contributed by atoms with Crippen molar-refractivity contribution < 1.29 is 5.11 Å². The van der Waals surface area contributed by atoms with Gasteiger partial charge >= 0.3 is 0 Å². The van der Waals surface area contributed by atoms with Crippen molar-refractivity contribution in [2.75, 3.05) is 52.9 Å². The summed E-state index contributed by atoms with van der Waals surface area (Å²) in [4.78, 5) is 7.65. The van der Waals surface area contributed by atoms with Crippen LogP contribution in [0.3, 0.4) is 0 Å². The van der Waals surface area contributed by atoms with Gasteiger partial charge in [0.1, 0.15) is 6.61 Å². The first-order valence-electron chi connectivity index (χ1n) is 8.08. The van der Waals surface area contributed by atoms with E-state index in [0.717, 1.165) is 25.2 Å². The Morgan fingerprint density at radius 3 is 2.64 bits per heavy atom. The highest BCUT2D eigenvalue weighted by molar-refractivity contribution is 5.36. The van der Waals surface area contributed by atoms with Crippen LogP contribution in [-0.4, -0.2) is 78.8 Å². The van der Waals surface area contributed by atoms with Gasteiger partial charge in [-0.3, -0.25) is 9.80 Å². The van der Waals surface area contributed by atoms with E-state index in [9.17, 15) is 0 Å². The molecule has 1 aromatic rings. The molecule has 2 fully saturated rings. The monoisotopic (exact) mass is 299 g/mol. The van der Waals surface area contributed by atoms with Gasteiger partial charge < -0.3 is 10.0 Å². The molecular formula is C18H25N3O. The fourth-order valence-electron chi connectivity index (χ4n) is 3.41. The Balaban J connectivity index is 1.57. The van der Waals surface area contributed by atoms with Crippen molar-refractivity contribution in [2.45, 2.75) is 12.6 Å². The standard InChI is InChI=1S/C18H25N3O/c1-19-8-10-21-11-9-20(15-18(21)14-19)13-17-6-4-16(5-7-17)3-2-12-22/h4-7,18,22H,8-15H2,1H3. The van der Waals surface area contributed by atoms with E-state index < -0.39 is 0 Å².